The minimum atomic E-state index is -4.59. The molecule has 0 spiro atoms. The Kier molecular flexibility index (Phi) is 4.76. The zero-order valence-electron chi connectivity index (χ0n) is 18.7. The highest BCUT2D eigenvalue weighted by atomic mass is 19.4. The number of aromatic nitrogens is 2. The molecule has 1 saturated heterocycles. The van der Waals surface area contributed by atoms with Crippen LogP contribution in [-0.4, -0.2) is 41.3 Å². The Morgan fingerprint density at radius 2 is 1.89 bits per heavy atom. The number of nitrogens with zero attached hydrogens (tertiary/aromatic N) is 6. The van der Waals surface area contributed by atoms with E-state index in [0.717, 1.165) is 18.7 Å². The molecule has 0 saturated carbocycles. The maximum absolute atomic E-state index is 13.3. The van der Waals surface area contributed by atoms with Crippen molar-refractivity contribution in [1.29, 1.82) is 0 Å². The summed E-state index contributed by atoms with van der Waals surface area (Å²) in [5, 5.41) is 9.30. The molecule has 0 aliphatic carbocycles. The van der Waals surface area contributed by atoms with Gasteiger partial charge >= 0.3 is 17.9 Å². The molecular weight excluding hydrogens is 471 g/mol. The Bertz CT molecular complexity index is 1420. The fourth-order valence-corrected chi connectivity index (χ4v) is 4.67. The van der Waals surface area contributed by atoms with Gasteiger partial charge in [-0.1, -0.05) is 30.2 Å². The molecule has 6 rings (SSSR count). The number of urea groups is 1. The van der Waals surface area contributed by atoms with Crippen LogP contribution in [0.3, 0.4) is 0 Å². The lowest BCUT2D eigenvalue weighted by molar-refractivity contribution is -0.166. The number of nitrogens with one attached hydrogen (secondary N) is 1. The topological polar surface area (TPSA) is 86.1 Å². The Morgan fingerprint density at radius 3 is 2.53 bits per heavy atom. The summed E-state index contributed by atoms with van der Waals surface area (Å²) in [5.74, 6) is 3.33. The largest absolute Gasteiger partial charge is 0.442 e. The van der Waals surface area contributed by atoms with Gasteiger partial charge in [-0.2, -0.15) is 13.2 Å². The highest BCUT2D eigenvalue weighted by Crippen LogP contribution is 2.52. The number of anilines is 3. The molecule has 2 aromatic heterocycles. The van der Waals surface area contributed by atoms with Crippen molar-refractivity contribution < 1.29 is 18.0 Å². The molecule has 8 nitrogen and oxygen atoms in total. The van der Waals surface area contributed by atoms with Crippen LogP contribution >= 0.6 is 0 Å². The van der Waals surface area contributed by atoms with Crippen molar-refractivity contribution in [2.75, 3.05) is 28.2 Å². The second-order valence-corrected chi connectivity index (χ2v) is 8.75. The smallest absolute Gasteiger partial charge is 0.366 e. The molecule has 3 aliphatic rings. The van der Waals surface area contributed by atoms with Crippen LogP contribution in [0.2, 0.25) is 0 Å². The Labute approximate surface area is 203 Å². The number of rotatable bonds is 3. The summed E-state index contributed by atoms with van der Waals surface area (Å²) in [5.41, 5.74) is 0.0435. The summed E-state index contributed by atoms with van der Waals surface area (Å²) in [6.07, 6.45) is 3.06. The molecule has 1 aromatic carbocycles. The summed E-state index contributed by atoms with van der Waals surface area (Å²) in [6, 6.07) is 12.4. The lowest BCUT2D eigenvalue weighted by Crippen LogP contribution is -2.48. The molecule has 0 radical (unpaired) electrons. The Morgan fingerprint density at radius 1 is 1.11 bits per heavy atom. The SMILES string of the molecule is C#Cc1ccc(NC(=O)N2c3nc(-c4ccc(C5(C(F)(F)F)N=N5)cc4)ccc3N3CC[C@H]2C3)nc1. The number of pyridine rings is 2. The van der Waals surface area contributed by atoms with Gasteiger partial charge in [0.1, 0.15) is 5.82 Å². The Hall–Kier alpha value is -4.46. The van der Waals surface area contributed by atoms with E-state index in [-0.39, 0.29) is 17.6 Å². The van der Waals surface area contributed by atoms with E-state index >= 15 is 0 Å². The van der Waals surface area contributed by atoms with Crippen molar-refractivity contribution in [2.24, 2.45) is 10.2 Å². The van der Waals surface area contributed by atoms with E-state index in [0.29, 0.717) is 35.0 Å². The van der Waals surface area contributed by atoms with Gasteiger partial charge in [-0.15, -0.1) is 16.7 Å². The van der Waals surface area contributed by atoms with E-state index < -0.39 is 11.8 Å². The fraction of sp³-hybridized carbons (Fsp3) is 0.240. The van der Waals surface area contributed by atoms with Crippen molar-refractivity contribution in [3.63, 3.8) is 0 Å². The number of halogens is 3. The number of hydrogen-bond donors (Lipinski definition) is 1. The molecule has 2 amide bonds. The average molecular weight is 489 g/mol. The van der Waals surface area contributed by atoms with Crippen LogP contribution in [0, 0.1) is 12.3 Å². The Balaban J connectivity index is 1.31. The normalized spacial score (nSPS) is 19.0. The van der Waals surface area contributed by atoms with Gasteiger partial charge in [0.25, 0.3) is 0 Å². The third-order valence-corrected chi connectivity index (χ3v) is 6.61. The minimum Gasteiger partial charge on any atom is -0.366 e. The number of carbonyl (C=O) groups is 1. The van der Waals surface area contributed by atoms with E-state index in [9.17, 15) is 18.0 Å². The van der Waals surface area contributed by atoms with Crippen LogP contribution < -0.4 is 15.1 Å². The first-order valence-electron chi connectivity index (χ1n) is 11.2. The van der Waals surface area contributed by atoms with Gasteiger partial charge in [-0.25, -0.2) is 14.8 Å². The van der Waals surface area contributed by atoms with Gasteiger partial charge in [0.2, 0.25) is 0 Å². The highest BCUT2D eigenvalue weighted by Gasteiger charge is 2.65. The summed E-state index contributed by atoms with van der Waals surface area (Å²) >= 11 is 0. The molecule has 1 fully saturated rings. The van der Waals surface area contributed by atoms with Gasteiger partial charge in [0.05, 0.1) is 17.4 Å². The van der Waals surface area contributed by atoms with Crippen LogP contribution in [-0.2, 0) is 5.66 Å². The molecule has 180 valence electrons. The number of amides is 2. The lowest BCUT2D eigenvalue weighted by atomic mass is 10.00. The molecular formula is C25H18F3N7O. The monoisotopic (exact) mass is 489 g/mol. The molecule has 11 heteroatoms. The van der Waals surface area contributed by atoms with Crippen molar-refractivity contribution in [2.45, 2.75) is 24.3 Å². The number of benzene rings is 1. The standard InChI is InChI=1S/C25H18F3N7O/c1-2-15-3-10-21(29-13-15)31-23(36)35-18-11-12-34(14-18)20-9-8-19(30-22(20)35)16-4-6-17(7-5-16)24(32-33-24)25(26,27)28/h1,3-10,13,18H,11-12,14H2,(H,29,31,36)/t18-/m0/s1. The quantitative estimate of drug-likeness (QED) is 0.529. The van der Waals surface area contributed by atoms with Gasteiger partial charge in [-0.05, 0) is 30.7 Å². The first-order chi connectivity index (χ1) is 17.3. The maximum atomic E-state index is 13.3. The molecule has 5 heterocycles. The van der Waals surface area contributed by atoms with Crippen molar-refractivity contribution in [3.8, 4) is 23.6 Å². The molecule has 0 unspecified atom stereocenters. The molecule has 1 atom stereocenters. The first-order valence-corrected chi connectivity index (χ1v) is 11.2. The van der Waals surface area contributed by atoms with E-state index in [1.54, 1.807) is 35.2 Å². The minimum absolute atomic E-state index is 0.0507. The highest BCUT2D eigenvalue weighted by molar-refractivity contribution is 6.04. The van der Waals surface area contributed by atoms with Crippen LogP contribution in [0.25, 0.3) is 11.3 Å². The van der Waals surface area contributed by atoms with E-state index in [1.165, 1.54) is 18.3 Å². The lowest BCUT2D eigenvalue weighted by Gasteiger charge is -2.35. The average Bonchev–Trinajstić information content (AvgIpc) is 3.61. The number of hydrogen-bond acceptors (Lipinski definition) is 6. The van der Waals surface area contributed by atoms with Gasteiger partial charge in [0, 0.05) is 36.0 Å². The van der Waals surface area contributed by atoms with Gasteiger partial charge in [0.15, 0.2) is 5.82 Å². The molecule has 3 aromatic rings. The van der Waals surface area contributed by atoms with Crippen molar-refractivity contribution >= 4 is 23.4 Å². The number of alkyl halides is 3. The van der Waals surface area contributed by atoms with E-state index in [4.69, 9.17) is 11.4 Å². The summed E-state index contributed by atoms with van der Waals surface area (Å²) in [6.45, 7) is 1.48. The molecule has 36 heavy (non-hydrogen) atoms. The van der Waals surface area contributed by atoms with Gasteiger partial charge in [-0.3, -0.25) is 10.2 Å². The molecule has 1 N–H and O–H groups in total. The van der Waals surface area contributed by atoms with Gasteiger partial charge < -0.3 is 4.90 Å². The summed E-state index contributed by atoms with van der Waals surface area (Å²) in [7, 11) is 0. The molecule has 3 aliphatic heterocycles. The number of fused-ring (bicyclic) bond motifs is 4. The summed E-state index contributed by atoms with van der Waals surface area (Å²) in [4.78, 5) is 26.1. The zero-order valence-corrected chi connectivity index (χ0v) is 18.7. The third kappa shape index (κ3) is 3.45. The van der Waals surface area contributed by atoms with E-state index in [2.05, 4.69) is 31.3 Å². The van der Waals surface area contributed by atoms with Crippen LogP contribution in [0.5, 0.6) is 0 Å². The fourth-order valence-electron chi connectivity index (χ4n) is 4.67. The van der Waals surface area contributed by atoms with Crippen molar-refractivity contribution in [1.82, 2.24) is 9.97 Å². The van der Waals surface area contributed by atoms with E-state index in [1.807, 2.05) is 6.07 Å². The number of terminal acetylenes is 1. The third-order valence-electron chi connectivity index (χ3n) is 6.61. The second-order valence-electron chi connectivity index (χ2n) is 8.75. The zero-order chi connectivity index (χ0) is 25.1. The predicted molar refractivity (Wildman–Crippen MR) is 127 cm³/mol. The maximum Gasteiger partial charge on any atom is 0.442 e. The van der Waals surface area contributed by atoms with Crippen molar-refractivity contribution in [3.05, 3.63) is 65.9 Å². The van der Waals surface area contributed by atoms with Crippen LogP contribution in [0.4, 0.5) is 35.3 Å². The molecule has 2 bridgehead atoms. The first kappa shape index (κ1) is 22.0. The second kappa shape index (κ2) is 7.78. The van der Waals surface area contributed by atoms with Crippen LogP contribution in [0.1, 0.15) is 17.5 Å². The van der Waals surface area contributed by atoms with Crippen LogP contribution in [0.15, 0.2) is 65.0 Å². The predicted octanol–water partition coefficient (Wildman–Crippen LogP) is 4.94. The summed E-state index contributed by atoms with van der Waals surface area (Å²) < 4.78 is 40.0. The number of carbonyl (C=O) groups excluding carboxylic acids is 1.